The van der Waals surface area contributed by atoms with Gasteiger partial charge in [0, 0.05) is 18.9 Å². The van der Waals surface area contributed by atoms with Crippen LogP contribution in [0.2, 0.25) is 0 Å². The summed E-state index contributed by atoms with van der Waals surface area (Å²) >= 11 is 1.17. The predicted octanol–water partition coefficient (Wildman–Crippen LogP) is -0.537. The number of aliphatic hydroxyl groups is 4. The summed E-state index contributed by atoms with van der Waals surface area (Å²) in [7, 11) is 0. The van der Waals surface area contributed by atoms with Gasteiger partial charge in [-0.05, 0) is 43.4 Å². The average Bonchev–Trinajstić information content (AvgIpc) is 3.13. The molecule has 2 bridgehead atoms. The minimum Gasteiger partial charge on any atom is -0.483 e. The molecule has 212 valence electrons. The van der Waals surface area contributed by atoms with Crippen LogP contribution in [0.25, 0.3) is 0 Å². The fourth-order valence-electron chi connectivity index (χ4n) is 5.79. The van der Waals surface area contributed by atoms with Crippen molar-refractivity contribution >= 4 is 24.1 Å². The Kier molecular flexibility index (Phi) is 11.6. The third kappa shape index (κ3) is 7.89. The van der Waals surface area contributed by atoms with Crippen molar-refractivity contribution in [3.05, 3.63) is 12.2 Å². The quantitative estimate of drug-likeness (QED) is 0.178. The number of ether oxygens (including phenoxy) is 2. The monoisotopic (exact) mass is 546 g/mol. The molecule has 4 aliphatic rings. The van der Waals surface area contributed by atoms with Gasteiger partial charge in [0.15, 0.2) is 0 Å². The molecule has 0 spiro atoms. The highest BCUT2D eigenvalue weighted by atomic mass is 32.2. The molecule has 4 aliphatic heterocycles. The van der Waals surface area contributed by atoms with Gasteiger partial charge in [-0.3, -0.25) is 9.59 Å². The largest absolute Gasteiger partial charge is 0.483 e. The smallest absolute Gasteiger partial charge is 0.290 e. The second kappa shape index (κ2) is 14.2. The number of carbonyl (C=O) groups is 2. The molecule has 4 rings (SSSR count). The zero-order chi connectivity index (χ0) is 27.1. The molecule has 3 saturated heterocycles. The number of hydrogen-bond donors (Lipinski definition) is 7. The van der Waals surface area contributed by atoms with E-state index in [9.17, 15) is 25.2 Å². The van der Waals surface area contributed by atoms with Crippen LogP contribution in [-0.4, -0.2) is 111 Å². The Balaban J connectivity index is 0.00000121. The van der Waals surface area contributed by atoms with Crippen molar-refractivity contribution in [3.63, 3.8) is 0 Å². The lowest BCUT2D eigenvalue weighted by atomic mass is 9.85. The number of amides is 1. The van der Waals surface area contributed by atoms with E-state index >= 15 is 0 Å². The van der Waals surface area contributed by atoms with Crippen LogP contribution in [0.3, 0.4) is 0 Å². The summed E-state index contributed by atoms with van der Waals surface area (Å²) in [4.78, 5) is 21.7. The third-order valence-electron chi connectivity index (χ3n) is 7.46. The standard InChI is InChI=1S/C24H40N2O7S.CH2O2/c1-12(2)8-13-6-7-32-21-14(9-13)10-25-17(21)23(31)26-16-5-3-4-15(27)11-34-24-20(30)18(28)19(29)22(16)33-24;2-1-3/h3-4,12-22,24-25,27-30H,5-11H2,1-2H3,(H,26,31);1H,(H,2,3)/b4-3+;/t13-,14-,15+,16+,17-,18-,19+,20+,21+,22+,24+;/m0./s1. The van der Waals surface area contributed by atoms with Crippen LogP contribution in [0.4, 0.5) is 0 Å². The Bertz CT molecular complexity index is 772. The predicted molar refractivity (Wildman–Crippen MR) is 137 cm³/mol. The molecule has 0 aromatic heterocycles. The molecule has 11 nitrogen and oxygen atoms in total. The molecule has 0 saturated carbocycles. The normalized spacial score (nSPS) is 42.9. The van der Waals surface area contributed by atoms with Crippen LogP contribution in [0.1, 0.15) is 39.5 Å². The maximum Gasteiger partial charge on any atom is 0.290 e. The van der Waals surface area contributed by atoms with Crippen molar-refractivity contribution < 1.29 is 44.6 Å². The fraction of sp³-hybridized carbons (Fsp3) is 0.840. The minimum absolute atomic E-state index is 0.207. The van der Waals surface area contributed by atoms with E-state index < -0.39 is 48.0 Å². The summed E-state index contributed by atoms with van der Waals surface area (Å²) in [5.41, 5.74) is -0.819. The van der Waals surface area contributed by atoms with E-state index in [0.717, 1.165) is 25.8 Å². The van der Waals surface area contributed by atoms with E-state index in [0.29, 0.717) is 24.9 Å². The summed E-state index contributed by atoms with van der Waals surface area (Å²) in [6.45, 7) is 5.58. The number of carbonyl (C=O) groups excluding carboxylic acids is 1. The van der Waals surface area contributed by atoms with Gasteiger partial charge in [0.05, 0.1) is 18.2 Å². The molecule has 0 aliphatic carbocycles. The molecule has 37 heavy (non-hydrogen) atoms. The second-order valence-electron chi connectivity index (χ2n) is 10.7. The highest BCUT2D eigenvalue weighted by Gasteiger charge is 2.49. The summed E-state index contributed by atoms with van der Waals surface area (Å²) in [5, 5.41) is 54.8. The van der Waals surface area contributed by atoms with Crippen molar-refractivity contribution in [1.82, 2.24) is 10.6 Å². The van der Waals surface area contributed by atoms with Crippen LogP contribution >= 0.6 is 11.8 Å². The number of hydrogen-bond acceptors (Lipinski definition) is 10. The molecule has 0 unspecified atom stereocenters. The summed E-state index contributed by atoms with van der Waals surface area (Å²) in [6, 6.07) is -1.15. The van der Waals surface area contributed by atoms with Gasteiger partial charge in [-0.25, -0.2) is 0 Å². The van der Waals surface area contributed by atoms with E-state index in [1.165, 1.54) is 11.8 Å². The lowest BCUT2D eigenvalue weighted by Crippen LogP contribution is -2.64. The third-order valence-corrected chi connectivity index (χ3v) is 8.72. The summed E-state index contributed by atoms with van der Waals surface area (Å²) in [6.07, 6.45) is 1.02. The number of carboxylic acid groups (broad SMARTS) is 1. The van der Waals surface area contributed by atoms with Crippen molar-refractivity contribution in [3.8, 4) is 0 Å². The van der Waals surface area contributed by atoms with Crippen LogP contribution in [-0.2, 0) is 19.1 Å². The van der Waals surface area contributed by atoms with E-state index in [4.69, 9.17) is 19.4 Å². The molecule has 4 heterocycles. The van der Waals surface area contributed by atoms with E-state index in [1.54, 1.807) is 12.2 Å². The van der Waals surface area contributed by atoms with Crippen molar-refractivity contribution in [2.24, 2.45) is 17.8 Å². The number of thioether (sulfide) groups is 1. The van der Waals surface area contributed by atoms with Gasteiger partial charge in [-0.15, -0.1) is 11.8 Å². The Morgan fingerprint density at radius 1 is 1.19 bits per heavy atom. The van der Waals surface area contributed by atoms with Crippen LogP contribution in [0.5, 0.6) is 0 Å². The maximum atomic E-state index is 13.4. The SMILES string of the molecule is CC(C)C[C@@H]1CCO[C@@H]2[C@H](CN[C@@H]2C(=O)N[C@@H]2C/C=C/[C@@H](O)CS[C@H]3O[C@H]2[C@H](O)[C@H](O)[C@H]3O)C1.O=CO. The van der Waals surface area contributed by atoms with Gasteiger partial charge in [0.2, 0.25) is 5.91 Å². The molecule has 7 N–H and O–H groups in total. The molecule has 1 amide bonds. The maximum absolute atomic E-state index is 13.4. The average molecular weight is 547 g/mol. The molecule has 0 aromatic rings. The lowest BCUT2D eigenvalue weighted by molar-refractivity contribution is -0.205. The zero-order valence-electron chi connectivity index (χ0n) is 21.4. The first kappa shape index (κ1) is 30.3. The van der Waals surface area contributed by atoms with Gasteiger partial charge in [0.25, 0.3) is 6.47 Å². The van der Waals surface area contributed by atoms with E-state index in [-0.39, 0.29) is 30.2 Å². The molecule has 11 atom stereocenters. The number of aliphatic hydroxyl groups excluding tert-OH is 4. The first-order valence-corrected chi connectivity index (χ1v) is 14.1. The molecular weight excluding hydrogens is 504 g/mol. The highest BCUT2D eigenvalue weighted by molar-refractivity contribution is 7.99. The molecule has 3 fully saturated rings. The molecular formula is C25H42N2O9S. The first-order chi connectivity index (χ1) is 17.7. The van der Waals surface area contributed by atoms with Gasteiger partial charge >= 0.3 is 0 Å². The van der Waals surface area contributed by atoms with E-state index in [1.807, 2.05) is 0 Å². The zero-order valence-corrected chi connectivity index (χ0v) is 22.2. The van der Waals surface area contributed by atoms with Crippen molar-refractivity contribution in [2.45, 2.75) is 93.7 Å². The molecule has 0 aromatic carbocycles. The second-order valence-corrected chi connectivity index (χ2v) is 11.9. The molecule has 0 radical (unpaired) electrons. The fourth-order valence-corrected chi connectivity index (χ4v) is 6.86. The number of rotatable bonds is 4. The topological polar surface area (TPSA) is 178 Å². The van der Waals surface area contributed by atoms with Gasteiger partial charge in [0.1, 0.15) is 35.9 Å². The van der Waals surface area contributed by atoms with Crippen LogP contribution < -0.4 is 10.6 Å². The Labute approximate surface area is 222 Å². The molecule has 12 heteroatoms. The Morgan fingerprint density at radius 3 is 2.62 bits per heavy atom. The van der Waals surface area contributed by atoms with Crippen LogP contribution in [0, 0.1) is 17.8 Å². The van der Waals surface area contributed by atoms with Gasteiger partial charge in [-0.1, -0.05) is 26.0 Å². The van der Waals surface area contributed by atoms with Crippen LogP contribution in [0.15, 0.2) is 12.2 Å². The van der Waals surface area contributed by atoms with Crippen molar-refractivity contribution in [2.75, 3.05) is 18.9 Å². The van der Waals surface area contributed by atoms with E-state index in [2.05, 4.69) is 24.5 Å². The number of fused-ring (bicyclic) bond motifs is 3. The highest BCUT2D eigenvalue weighted by Crippen LogP contribution is 2.35. The first-order valence-electron chi connectivity index (χ1n) is 13.0. The number of nitrogens with one attached hydrogen (secondary N) is 2. The Morgan fingerprint density at radius 2 is 1.92 bits per heavy atom. The summed E-state index contributed by atoms with van der Waals surface area (Å²) < 4.78 is 12.1. The van der Waals surface area contributed by atoms with Gasteiger partial charge in [-0.2, -0.15) is 0 Å². The Hall–Kier alpha value is -1.25. The minimum atomic E-state index is -1.41. The van der Waals surface area contributed by atoms with Crippen molar-refractivity contribution in [1.29, 1.82) is 0 Å². The lowest BCUT2D eigenvalue weighted by Gasteiger charge is -2.44. The summed E-state index contributed by atoms with van der Waals surface area (Å²) in [5.74, 6) is 1.56. The van der Waals surface area contributed by atoms with Gasteiger partial charge < -0.3 is 45.6 Å².